The lowest BCUT2D eigenvalue weighted by Gasteiger charge is -2.15. The third kappa shape index (κ3) is 5.59. The largest absolute Gasteiger partial charge is 0.467 e. The second-order valence-electron chi connectivity index (χ2n) is 4.90. The number of unbranched alkanes of at least 4 members (excludes halogenated alkanes) is 1. The number of rotatable bonds is 10. The van der Waals surface area contributed by atoms with Crippen LogP contribution < -0.4 is 9.88 Å². The van der Waals surface area contributed by atoms with Gasteiger partial charge in [-0.1, -0.05) is 25.5 Å². The van der Waals surface area contributed by atoms with Gasteiger partial charge in [-0.2, -0.15) is 0 Å². The fourth-order valence-electron chi connectivity index (χ4n) is 1.84. The molecule has 1 atom stereocenters. The van der Waals surface area contributed by atoms with Gasteiger partial charge in [-0.3, -0.25) is 9.59 Å². The number of primary sulfonamides is 1. The number of Topliss-reactive ketones (excluding diaryl/α,β-unsaturated/α-hetero) is 1. The molecule has 9 heteroatoms. The Bertz CT molecular complexity index is 672. The van der Waals surface area contributed by atoms with E-state index in [9.17, 15) is 18.0 Å². The first-order valence-electron chi connectivity index (χ1n) is 7.26. The molecular weight excluding hydrogens is 338 g/mol. The van der Waals surface area contributed by atoms with Gasteiger partial charge >= 0.3 is 5.97 Å². The molecule has 0 heterocycles. The van der Waals surface area contributed by atoms with Crippen molar-refractivity contribution in [2.45, 2.75) is 25.0 Å². The number of nitrogens with two attached hydrogens (primary N) is 1. The van der Waals surface area contributed by atoms with Crippen molar-refractivity contribution < 1.29 is 32.2 Å². The molecule has 0 aliphatic rings. The molecule has 0 aliphatic heterocycles. The van der Waals surface area contributed by atoms with Crippen molar-refractivity contribution in [1.82, 2.24) is 0 Å². The minimum absolute atomic E-state index is 0.0104. The number of benzene rings is 1. The van der Waals surface area contributed by atoms with Gasteiger partial charge in [-0.15, -0.1) is 0 Å². The Labute approximate surface area is 140 Å². The number of methoxy groups -OCH3 is 1. The summed E-state index contributed by atoms with van der Waals surface area (Å²) in [6, 6.07) is 5.89. The molecule has 1 unspecified atom stereocenters. The van der Waals surface area contributed by atoms with Crippen molar-refractivity contribution >= 4 is 21.8 Å². The van der Waals surface area contributed by atoms with E-state index in [1.165, 1.54) is 25.3 Å². The third-order valence-corrected chi connectivity index (χ3v) is 4.07. The molecule has 0 aromatic heterocycles. The summed E-state index contributed by atoms with van der Waals surface area (Å²) in [6.45, 7) is 1.74. The van der Waals surface area contributed by atoms with E-state index in [0.717, 1.165) is 6.42 Å². The molecule has 24 heavy (non-hydrogen) atoms. The smallest absolute Gasteiger partial charge is 0.333 e. The fourth-order valence-corrected chi connectivity index (χ4v) is 2.60. The van der Waals surface area contributed by atoms with Crippen molar-refractivity contribution in [3.8, 4) is 5.75 Å². The van der Waals surface area contributed by atoms with Crippen LogP contribution in [0.1, 0.15) is 30.1 Å². The predicted molar refractivity (Wildman–Crippen MR) is 86.0 cm³/mol. The molecule has 0 aliphatic carbocycles. The minimum Gasteiger partial charge on any atom is -0.467 e. The number of hydrogen-bond donors (Lipinski definition) is 1. The second kappa shape index (κ2) is 9.36. The first kappa shape index (κ1) is 20.1. The van der Waals surface area contributed by atoms with E-state index < -0.39 is 27.0 Å². The van der Waals surface area contributed by atoms with Crippen LogP contribution >= 0.6 is 0 Å². The van der Waals surface area contributed by atoms with Gasteiger partial charge in [0.15, 0.2) is 12.6 Å². The van der Waals surface area contributed by atoms with Crippen LogP contribution in [0, 0.1) is 0 Å². The number of para-hydroxylation sites is 1. The molecule has 0 saturated carbocycles. The molecule has 0 saturated heterocycles. The van der Waals surface area contributed by atoms with Gasteiger partial charge in [0.25, 0.3) is 0 Å². The highest BCUT2D eigenvalue weighted by Crippen LogP contribution is 2.22. The van der Waals surface area contributed by atoms with Crippen LogP contribution in [0.5, 0.6) is 5.75 Å². The lowest BCUT2D eigenvalue weighted by Crippen LogP contribution is -2.43. The van der Waals surface area contributed by atoms with Crippen molar-refractivity contribution in [1.29, 1.82) is 0 Å². The Morgan fingerprint density at radius 3 is 2.50 bits per heavy atom. The van der Waals surface area contributed by atoms with Crippen LogP contribution in [0.3, 0.4) is 0 Å². The van der Waals surface area contributed by atoms with E-state index in [1.54, 1.807) is 6.07 Å². The summed E-state index contributed by atoms with van der Waals surface area (Å²) >= 11 is 0. The van der Waals surface area contributed by atoms with Crippen LogP contribution in [0.25, 0.3) is 0 Å². The standard InChI is InChI=1S/C15H21NO7S/c1-3-4-9-22-15(18)14(24(16,19)20)13(17)11-7-5-6-8-12(11)23-10-21-2/h5-8,14H,3-4,9-10H2,1-2H3,(H2,16,19,20). The van der Waals surface area contributed by atoms with E-state index in [0.29, 0.717) is 6.42 Å². The molecule has 134 valence electrons. The predicted octanol–water partition coefficient (Wildman–Crippen LogP) is 0.852. The normalized spacial score (nSPS) is 12.5. The van der Waals surface area contributed by atoms with E-state index in [1.807, 2.05) is 6.92 Å². The summed E-state index contributed by atoms with van der Waals surface area (Å²) < 4.78 is 38.3. The molecular formula is C15H21NO7S. The monoisotopic (exact) mass is 359 g/mol. The van der Waals surface area contributed by atoms with Gasteiger partial charge in [-0.25, -0.2) is 13.6 Å². The summed E-state index contributed by atoms with van der Waals surface area (Å²) in [5, 5.41) is 2.92. The van der Waals surface area contributed by atoms with Crippen molar-refractivity contribution in [3.63, 3.8) is 0 Å². The van der Waals surface area contributed by atoms with E-state index in [2.05, 4.69) is 0 Å². The lowest BCUT2D eigenvalue weighted by molar-refractivity contribution is -0.142. The molecule has 8 nitrogen and oxygen atoms in total. The summed E-state index contributed by atoms with van der Waals surface area (Å²) in [6.07, 6.45) is 1.29. The second-order valence-corrected chi connectivity index (χ2v) is 6.55. The number of ketones is 1. The van der Waals surface area contributed by atoms with Gasteiger partial charge in [0.1, 0.15) is 5.75 Å². The number of ether oxygens (including phenoxy) is 3. The summed E-state index contributed by atoms with van der Waals surface area (Å²) in [5.74, 6) is -2.12. The quantitative estimate of drug-likeness (QED) is 0.216. The third-order valence-electron chi connectivity index (χ3n) is 3.01. The van der Waals surface area contributed by atoms with Gasteiger partial charge in [0, 0.05) is 7.11 Å². The lowest BCUT2D eigenvalue weighted by atomic mass is 10.1. The SMILES string of the molecule is CCCCOC(=O)C(C(=O)c1ccccc1OCOC)S(N)(=O)=O. The number of carbonyl (C=O) groups is 2. The Kier molecular flexibility index (Phi) is 7.83. The van der Waals surface area contributed by atoms with Crippen molar-refractivity contribution in [2.24, 2.45) is 5.14 Å². The molecule has 1 aromatic carbocycles. The zero-order valence-corrected chi connectivity index (χ0v) is 14.4. The topological polar surface area (TPSA) is 122 Å². The Morgan fingerprint density at radius 2 is 1.92 bits per heavy atom. The number of esters is 1. The maximum absolute atomic E-state index is 12.6. The fraction of sp³-hybridized carbons (Fsp3) is 0.467. The maximum atomic E-state index is 12.6. The van der Waals surface area contributed by atoms with Crippen molar-refractivity contribution in [2.75, 3.05) is 20.5 Å². The maximum Gasteiger partial charge on any atom is 0.333 e. The zero-order valence-electron chi connectivity index (χ0n) is 13.6. The Hall–Kier alpha value is -1.97. The van der Waals surface area contributed by atoms with Crippen LogP contribution in [-0.2, 0) is 24.3 Å². The van der Waals surface area contributed by atoms with Crippen LogP contribution in [0.4, 0.5) is 0 Å². The van der Waals surface area contributed by atoms with Crippen LogP contribution in [-0.4, -0.2) is 45.9 Å². The highest BCUT2D eigenvalue weighted by atomic mass is 32.2. The summed E-state index contributed by atoms with van der Waals surface area (Å²) in [5.41, 5.74) is -0.0963. The number of sulfonamides is 1. The van der Waals surface area contributed by atoms with Crippen LogP contribution in [0.15, 0.2) is 24.3 Å². The van der Waals surface area contributed by atoms with Gasteiger partial charge in [0.2, 0.25) is 15.3 Å². The number of carbonyl (C=O) groups excluding carboxylic acids is 2. The zero-order chi connectivity index (χ0) is 18.2. The highest BCUT2D eigenvalue weighted by molar-refractivity contribution is 7.91. The molecule has 2 N–H and O–H groups in total. The minimum atomic E-state index is -4.50. The van der Waals surface area contributed by atoms with E-state index >= 15 is 0 Å². The first-order valence-corrected chi connectivity index (χ1v) is 8.87. The average molecular weight is 359 g/mol. The van der Waals surface area contributed by atoms with Gasteiger partial charge in [-0.05, 0) is 18.6 Å². The summed E-state index contributed by atoms with van der Waals surface area (Å²) in [4.78, 5) is 24.6. The van der Waals surface area contributed by atoms with Crippen molar-refractivity contribution in [3.05, 3.63) is 29.8 Å². The van der Waals surface area contributed by atoms with Crippen LogP contribution in [0.2, 0.25) is 0 Å². The molecule has 0 bridgehead atoms. The van der Waals surface area contributed by atoms with Gasteiger partial charge in [0.05, 0.1) is 12.2 Å². The molecule has 0 amide bonds. The highest BCUT2D eigenvalue weighted by Gasteiger charge is 2.40. The molecule has 0 spiro atoms. The van der Waals surface area contributed by atoms with E-state index in [4.69, 9.17) is 19.3 Å². The summed E-state index contributed by atoms with van der Waals surface area (Å²) in [7, 11) is -3.11. The Morgan fingerprint density at radius 1 is 1.25 bits per heavy atom. The van der Waals surface area contributed by atoms with Gasteiger partial charge < -0.3 is 14.2 Å². The Balaban J connectivity index is 3.12. The molecule has 0 radical (unpaired) electrons. The molecule has 0 fully saturated rings. The average Bonchev–Trinajstić information content (AvgIpc) is 2.52. The number of hydrogen-bond acceptors (Lipinski definition) is 7. The molecule has 1 aromatic rings. The molecule has 1 rings (SSSR count). The van der Waals surface area contributed by atoms with E-state index in [-0.39, 0.29) is 24.7 Å². The first-order chi connectivity index (χ1) is 11.3.